The summed E-state index contributed by atoms with van der Waals surface area (Å²) in [6.07, 6.45) is 5.85. The van der Waals surface area contributed by atoms with E-state index in [2.05, 4.69) is 17.6 Å². The average Bonchev–Trinajstić information content (AvgIpc) is 2.61. The number of hydrogen-bond acceptors (Lipinski definition) is 4. The van der Waals surface area contributed by atoms with E-state index in [9.17, 15) is 14.4 Å². The van der Waals surface area contributed by atoms with Crippen LogP contribution in [0.3, 0.4) is 0 Å². The zero-order valence-corrected chi connectivity index (χ0v) is 15.3. The average molecular weight is 358 g/mol. The van der Waals surface area contributed by atoms with Crippen LogP contribution >= 0.6 is 0 Å². The third-order valence-electron chi connectivity index (χ3n) is 4.43. The molecule has 0 unspecified atom stereocenters. The molecule has 1 saturated carbocycles. The molecule has 0 spiro atoms. The number of benzene rings is 1. The fourth-order valence-corrected chi connectivity index (χ4v) is 3.04. The van der Waals surface area contributed by atoms with Crippen LogP contribution in [0.4, 0.5) is 0 Å². The first-order valence-corrected chi connectivity index (χ1v) is 8.96. The van der Waals surface area contributed by atoms with Gasteiger partial charge < -0.3 is 15.4 Å². The molecule has 6 nitrogen and oxygen atoms in total. The van der Waals surface area contributed by atoms with Crippen molar-refractivity contribution in [2.45, 2.75) is 45.6 Å². The van der Waals surface area contributed by atoms with E-state index in [1.807, 2.05) is 18.2 Å². The van der Waals surface area contributed by atoms with Gasteiger partial charge in [0, 0.05) is 13.0 Å². The topological polar surface area (TPSA) is 84.5 Å². The fourth-order valence-electron chi connectivity index (χ4n) is 3.04. The lowest BCUT2D eigenvalue weighted by molar-refractivity contribution is -0.145. The number of carbonyl (C=O) groups excluding carboxylic acids is 3. The molecule has 1 aromatic rings. The second kappa shape index (κ2) is 9.75. The van der Waals surface area contributed by atoms with Crippen molar-refractivity contribution < 1.29 is 19.1 Å². The standard InChI is InChI=1S/C20H26N2O4/c1-14-8-6-7-11-17(14)22-19(24)13-26-20(25)18(21-15(2)23)12-16-9-4-3-5-10-16/h3-5,9-10,12,14,17H,6-8,11,13H2,1-2H3,(H,21,23)(H,22,24)/b18-12-/t14-,17-/m0/s1. The number of esters is 1. The first-order chi connectivity index (χ1) is 12.5. The largest absolute Gasteiger partial charge is 0.451 e. The molecule has 0 aromatic heterocycles. The summed E-state index contributed by atoms with van der Waals surface area (Å²) < 4.78 is 5.08. The predicted molar refractivity (Wildman–Crippen MR) is 98.8 cm³/mol. The summed E-state index contributed by atoms with van der Waals surface area (Å²) in [5.41, 5.74) is 0.746. The van der Waals surface area contributed by atoms with Crippen LogP contribution in [0.2, 0.25) is 0 Å². The number of amides is 2. The van der Waals surface area contributed by atoms with Crippen molar-refractivity contribution >= 4 is 23.9 Å². The Bertz CT molecular complexity index is 670. The van der Waals surface area contributed by atoms with E-state index in [0.29, 0.717) is 5.92 Å². The minimum Gasteiger partial charge on any atom is -0.451 e. The van der Waals surface area contributed by atoms with Crippen molar-refractivity contribution in [3.05, 3.63) is 41.6 Å². The van der Waals surface area contributed by atoms with Crippen LogP contribution in [-0.4, -0.2) is 30.4 Å². The van der Waals surface area contributed by atoms with E-state index in [1.54, 1.807) is 12.1 Å². The van der Waals surface area contributed by atoms with Gasteiger partial charge in [0.05, 0.1) is 0 Å². The molecular formula is C20H26N2O4. The van der Waals surface area contributed by atoms with Crippen molar-refractivity contribution in [1.82, 2.24) is 10.6 Å². The first-order valence-electron chi connectivity index (χ1n) is 8.96. The molecule has 0 saturated heterocycles. The molecule has 2 amide bonds. The van der Waals surface area contributed by atoms with Gasteiger partial charge in [0.15, 0.2) is 6.61 Å². The van der Waals surface area contributed by atoms with Gasteiger partial charge in [-0.3, -0.25) is 9.59 Å². The number of rotatable bonds is 6. The van der Waals surface area contributed by atoms with E-state index >= 15 is 0 Å². The summed E-state index contributed by atoms with van der Waals surface area (Å²) in [5, 5.41) is 5.39. The molecule has 26 heavy (non-hydrogen) atoms. The molecule has 0 radical (unpaired) electrons. The summed E-state index contributed by atoms with van der Waals surface area (Å²) >= 11 is 0. The Balaban J connectivity index is 1.93. The lowest BCUT2D eigenvalue weighted by atomic mass is 9.86. The van der Waals surface area contributed by atoms with Crippen molar-refractivity contribution in [2.75, 3.05) is 6.61 Å². The number of nitrogens with one attached hydrogen (secondary N) is 2. The lowest BCUT2D eigenvalue weighted by Crippen LogP contribution is -2.43. The number of hydrogen-bond donors (Lipinski definition) is 2. The van der Waals surface area contributed by atoms with Crippen LogP contribution in [-0.2, 0) is 19.1 Å². The summed E-state index contributed by atoms with van der Waals surface area (Å²) in [5.74, 6) is -1.02. The second-order valence-electron chi connectivity index (χ2n) is 6.66. The number of ether oxygens (including phenoxy) is 1. The summed E-state index contributed by atoms with van der Waals surface area (Å²) in [6.45, 7) is 3.06. The van der Waals surface area contributed by atoms with Crippen LogP contribution in [0.5, 0.6) is 0 Å². The maximum Gasteiger partial charge on any atom is 0.355 e. The summed E-state index contributed by atoms with van der Waals surface area (Å²) in [4.78, 5) is 35.7. The molecule has 140 valence electrons. The zero-order valence-electron chi connectivity index (χ0n) is 15.3. The van der Waals surface area contributed by atoms with Gasteiger partial charge in [0.2, 0.25) is 5.91 Å². The summed E-state index contributed by atoms with van der Waals surface area (Å²) in [7, 11) is 0. The lowest BCUT2D eigenvalue weighted by Gasteiger charge is -2.29. The molecule has 1 fully saturated rings. The zero-order chi connectivity index (χ0) is 18.9. The molecule has 1 aliphatic carbocycles. The smallest absolute Gasteiger partial charge is 0.355 e. The Morgan fingerprint density at radius 2 is 1.85 bits per heavy atom. The highest BCUT2D eigenvalue weighted by molar-refractivity contribution is 5.98. The van der Waals surface area contributed by atoms with Gasteiger partial charge >= 0.3 is 5.97 Å². The van der Waals surface area contributed by atoms with Crippen LogP contribution in [0.25, 0.3) is 6.08 Å². The molecule has 0 aliphatic heterocycles. The van der Waals surface area contributed by atoms with E-state index in [1.165, 1.54) is 19.4 Å². The van der Waals surface area contributed by atoms with Gasteiger partial charge in [-0.05, 0) is 30.4 Å². The Morgan fingerprint density at radius 1 is 1.15 bits per heavy atom. The minimum absolute atomic E-state index is 0.00235. The van der Waals surface area contributed by atoms with E-state index in [4.69, 9.17) is 4.74 Å². The van der Waals surface area contributed by atoms with Gasteiger partial charge in [0.25, 0.3) is 5.91 Å². The van der Waals surface area contributed by atoms with Crippen LogP contribution < -0.4 is 10.6 Å². The third-order valence-corrected chi connectivity index (χ3v) is 4.43. The van der Waals surface area contributed by atoms with Crippen molar-refractivity contribution in [3.8, 4) is 0 Å². The molecule has 0 bridgehead atoms. The Hall–Kier alpha value is -2.63. The minimum atomic E-state index is -0.740. The monoisotopic (exact) mass is 358 g/mol. The maximum absolute atomic E-state index is 12.3. The summed E-state index contributed by atoms with van der Waals surface area (Å²) in [6, 6.07) is 9.22. The van der Waals surface area contributed by atoms with E-state index < -0.39 is 5.97 Å². The Kier molecular flexibility index (Phi) is 7.38. The molecular weight excluding hydrogens is 332 g/mol. The number of carbonyl (C=O) groups is 3. The quantitative estimate of drug-likeness (QED) is 0.604. The van der Waals surface area contributed by atoms with Crippen molar-refractivity contribution in [3.63, 3.8) is 0 Å². The highest BCUT2D eigenvalue weighted by Gasteiger charge is 2.23. The van der Waals surface area contributed by atoms with Crippen LogP contribution in [0, 0.1) is 5.92 Å². The van der Waals surface area contributed by atoms with E-state index in [0.717, 1.165) is 24.8 Å². The van der Waals surface area contributed by atoms with E-state index in [-0.39, 0.29) is 30.2 Å². The highest BCUT2D eigenvalue weighted by Crippen LogP contribution is 2.23. The van der Waals surface area contributed by atoms with Crippen LogP contribution in [0.15, 0.2) is 36.0 Å². The first kappa shape index (κ1) is 19.7. The highest BCUT2D eigenvalue weighted by atomic mass is 16.5. The maximum atomic E-state index is 12.3. The fraction of sp³-hybridized carbons (Fsp3) is 0.450. The molecule has 6 heteroatoms. The van der Waals surface area contributed by atoms with Crippen molar-refractivity contribution in [1.29, 1.82) is 0 Å². The molecule has 1 aliphatic rings. The van der Waals surface area contributed by atoms with Gasteiger partial charge in [-0.1, -0.05) is 50.1 Å². The molecule has 2 N–H and O–H groups in total. The Morgan fingerprint density at radius 3 is 2.50 bits per heavy atom. The molecule has 2 rings (SSSR count). The van der Waals surface area contributed by atoms with Gasteiger partial charge in [0.1, 0.15) is 5.70 Å². The molecule has 1 aromatic carbocycles. The van der Waals surface area contributed by atoms with Gasteiger partial charge in [-0.2, -0.15) is 0 Å². The second-order valence-corrected chi connectivity index (χ2v) is 6.66. The SMILES string of the molecule is CC(=O)N/C(=C\c1ccccc1)C(=O)OCC(=O)N[C@H]1CCCC[C@@H]1C. The molecule has 2 atom stereocenters. The van der Waals surface area contributed by atoms with Gasteiger partial charge in [-0.15, -0.1) is 0 Å². The molecule has 0 heterocycles. The normalized spacial score (nSPS) is 20.2. The van der Waals surface area contributed by atoms with Crippen molar-refractivity contribution in [2.24, 2.45) is 5.92 Å². The van der Waals surface area contributed by atoms with Crippen LogP contribution in [0.1, 0.15) is 45.1 Å². The predicted octanol–water partition coefficient (Wildman–Crippen LogP) is 2.40. The Labute approximate surface area is 154 Å². The van der Waals surface area contributed by atoms with Gasteiger partial charge in [-0.25, -0.2) is 4.79 Å². The third kappa shape index (κ3) is 6.35.